The summed E-state index contributed by atoms with van der Waals surface area (Å²) in [6.45, 7) is 9.11. The van der Waals surface area contributed by atoms with Gasteiger partial charge in [0, 0.05) is 5.03 Å². The van der Waals surface area contributed by atoms with Crippen LogP contribution in [-0.2, 0) is 20.7 Å². The number of rotatable bonds is 10. The van der Waals surface area contributed by atoms with Gasteiger partial charge in [-0.15, -0.1) is 0 Å². The Morgan fingerprint density at radius 3 is 2.48 bits per heavy atom. The van der Waals surface area contributed by atoms with E-state index in [1.807, 2.05) is 43.3 Å². The van der Waals surface area contributed by atoms with E-state index in [-0.39, 0.29) is 13.0 Å². The molecule has 27 heavy (non-hydrogen) atoms. The number of ether oxygens (including phenoxy) is 1. The number of hydrogen-bond donors (Lipinski definition) is 2. The van der Waals surface area contributed by atoms with Gasteiger partial charge in [0.2, 0.25) is 0 Å². The van der Waals surface area contributed by atoms with Gasteiger partial charge in [0.05, 0.1) is 6.61 Å². The summed E-state index contributed by atoms with van der Waals surface area (Å²) in [5, 5.41) is 12.7. The molecule has 1 aromatic rings. The SMILES string of the molecule is C=C(Cl)/C=C\C=C(/C)c1ccc(C[C@H](N[C@@H](C)C(=O)OCC)C(=O)O)cc1. The van der Waals surface area contributed by atoms with E-state index < -0.39 is 24.0 Å². The maximum absolute atomic E-state index is 11.7. The Bertz CT molecular complexity index is 722. The second kappa shape index (κ2) is 11.4. The molecule has 0 fully saturated rings. The molecule has 6 heteroatoms. The second-order valence-electron chi connectivity index (χ2n) is 6.09. The minimum atomic E-state index is -1.02. The van der Waals surface area contributed by atoms with Crippen LogP contribution in [0, 0.1) is 0 Å². The summed E-state index contributed by atoms with van der Waals surface area (Å²) in [6.07, 6.45) is 5.70. The molecule has 0 saturated carbocycles. The van der Waals surface area contributed by atoms with Crippen molar-refractivity contribution in [3.63, 3.8) is 0 Å². The first kappa shape index (κ1) is 22.7. The van der Waals surface area contributed by atoms with Gasteiger partial charge in [-0.05, 0) is 50.0 Å². The molecule has 0 spiro atoms. The average molecular weight is 392 g/mol. The van der Waals surface area contributed by atoms with E-state index in [2.05, 4.69) is 11.9 Å². The van der Waals surface area contributed by atoms with Crippen molar-refractivity contribution in [3.8, 4) is 0 Å². The van der Waals surface area contributed by atoms with Gasteiger partial charge < -0.3 is 9.84 Å². The van der Waals surface area contributed by atoms with Gasteiger partial charge in [0.15, 0.2) is 0 Å². The molecule has 0 saturated heterocycles. The van der Waals surface area contributed by atoms with Crippen molar-refractivity contribution in [1.29, 1.82) is 0 Å². The normalized spacial score (nSPS) is 14.0. The first-order valence-electron chi connectivity index (χ1n) is 8.68. The Kier molecular flexibility index (Phi) is 9.54. The van der Waals surface area contributed by atoms with Crippen LogP contribution >= 0.6 is 11.6 Å². The molecule has 0 aromatic heterocycles. The van der Waals surface area contributed by atoms with Crippen LogP contribution in [0.3, 0.4) is 0 Å². The molecule has 1 rings (SSSR count). The molecule has 5 nitrogen and oxygen atoms in total. The Hall–Kier alpha value is -2.37. The van der Waals surface area contributed by atoms with Crippen LogP contribution in [0.4, 0.5) is 0 Å². The van der Waals surface area contributed by atoms with Crippen LogP contribution in [0.2, 0.25) is 0 Å². The van der Waals surface area contributed by atoms with Crippen LogP contribution in [0.1, 0.15) is 31.9 Å². The highest BCUT2D eigenvalue weighted by Gasteiger charge is 2.24. The van der Waals surface area contributed by atoms with Crippen molar-refractivity contribution < 1.29 is 19.4 Å². The van der Waals surface area contributed by atoms with E-state index in [9.17, 15) is 14.7 Å². The zero-order valence-electron chi connectivity index (χ0n) is 15.9. The zero-order valence-corrected chi connectivity index (χ0v) is 16.6. The Morgan fingerprint density at radius 1 is 1.33 bits per heavy atom. The molecule has 0 radical (unpaired) electrons. The summed E-state index contributed by atoms with van der Waals surface area (Å²) < 4.78 is 4.90. The summed E-state index contributed by atoms with van der Waals surface area (Å²) >= 11 is 5.68. The lowest BCUT2D eigenvalue weighted by Crippen LogP contribution is -2.47. The maximum Gasteiger partial charge on any atom is 0.322 e. The van der Waals surface area contributed by atoms with Crippen molar-refractivity contribution in [1.82, 2.24) is 5.32 Å². The van der Waals surface area contributed by atoms with Crippen molar-refractivity contribution in [2.75, 3.05) is 6.61 Å². The third-order valence-corrected chi connectivity index (χ3v) is 3.99. The number of nitrogens with one attached hydrogen (secondary N) is 1. The summed E-state index contributed by atoms with van der Waals surface area (Å²) in [6, 6.07) is 6.03. The third kappa shape index (κ3) is 8.24. The zero-order chi connectivity index (χ0) is 20.4. The predicted molar refractivity (Wildman–Crippen MR) is 109 cm³/mol. The molecule has 2 N–H and O–H groups in total. The fraction of sp³-hybridized carbons (Fsp3) is 0.333. The van der Waals surface area contributed by atoms with Crippen LogP contribution in [0.15, 0.2) is 54.1 Å². The third-order valence-electron chi connectivity index (χ3n) is 3.86. The van der Waals surface area contributed by atoms with Crippen LogP contribution in [0.25, 0.3) is 5.57 Å². The van der Waals surface area contributed by atoms with E-state index >= 15 is 0 Å². The highest BCUT2D eigenvalue weighted by molar-refractivity contribution is 6.30. The number of carboxylic acids is 1. The number of carboxylic acid groups (broad SMARTS) is 1. The predicted octanol–water partition coefficient (Wildman–Crippen LogP) is 3.94. The number of allylic oxidation sites excluding steroid dienone is 5. The van der Waals surface area contributed by atoms with E-state index in [0.717, 1.165) is 16.7 Å². The molecule has 146 valence electrons. The molecule has 0 heterocycles. The summed E-state index contributed by atoms with van der Waals surface area (Å²) in [5.41, 5.74) is 2.91. The second-order valence-corrected chi connectivity index (χ2v) is 6.57. The van der Waals surface area contributed by atoms with Crippen LogP contribution < -0.4 is 5.32 Å². The lowest BCUT2D eigenvalue weighted by molar-refractivity contribution is -0.146. The van der Waals surface area contributed by atoms with Gasteiger partial charge in [-0.3, -0.25) is 14.9 Å². The Balaban J connectivity index is 2.79. The molecule has 0 unspecified atom stereocenters. The average Bonchev–Trinajstić information content (AvgIpc) is 2.61. The van der Waals surface area contributed by atoms with Crippen molar-refractivity contribution in [2.45, 2.75) is 39.3 Å². The summed E-state index contributed by atoms with van der Waals surface area (Å²) in [7, 11) is 0. The lowest BCUT2D eigenvalue weighted by atomic mass is 10.0. The number of halogens is 1. The van der Waals surface area contributed by atoms with Crippen LogP contribution in [0.5, 0.6) is 0 Å². The van der Waals surface area contributed by atoms with E-state index in [4.69, 9.17) is 16.3 Å². The number of benzene rings is 1. The minimum Gasteiger partial charge on any atom is -0.480 e. The minimum absolute atomic E-state index is 0.255. The van der Waals surface area contributed by atoms with Crippen molar-refractivity contribution in [3.05, 3.63) is 65.2 Å². The maximum atomic E-state index is 11.7. The molecule has 0 aliphatic heterocycles. The van der Waals surface area contributed by atoms with Gasteiger partial charge >= 0.3 is 11.9 Å². The molecular formula is C21H26ClNO4. The van der Waals surface area contributed by atoms with Gasteiger partial charge in [-0.2, -0.15) is 0 Å². The van der Waals surface area contributed by atoms with Crippen molar-refractivity contribution >= 4 is 29.1 Å². The largest absolute Gasteiger partial charge is 0.480 e. The molecule has 0 aliphatic rings. The molecule has 0 aliphatic carbocycles. The standard InChI is InChI=1S/C21H26ClNO4/c1-5-27-21(26)16(4)23-19(20(24)25)13-17-9-11-18(12-10-17)14(2)7-6-8-15(3)22/h6-12,16,19,23H,3,5,13H2,1-2,4H3,(H,24,25)/b8-6-,14-7+/t16-,19-/m0/s1. The highest BCUT2D eigenvalue weighted by atomic mass is 35.5. The Labute approximate surface area is 165 Å². The molecule has 2 atom stereocenters. The number of aliphatic carboxylic acids is 1. The number of esters is 1. The fourth-order valence-electron chi connectivity index (χ4n) is 2.39. The number of carbonyl (C=O) groups is 2. The molecule has 0 amide bonds. The Morgan fingerprint density at radius 2 is 1.96 bits per heavy atom. The smallest absolute Gasteiger partial charge is 0.322 e. The molecular weight excluding hydrogens is 366 g/mol. The van der Waals surface area contributed by atoms with Crippen molar-refractivity contribution in [2.24, 2.45) is 0 Å². The highest BCUT2D eigenvalue weighted by Crippen LogP contribution is 2.16. The molecule has 1 aromatic carbocycles. The summed E-state index contributed by atoms with van der Waals surface area (Å²) in [4.78, 5) is 23.2. The topological polar surface area (TPSA) is 75.6 Å². The van der Waals surface area contributed by atoms with Gasteiger partial charge in [0.1, 0.15) is 12.1 Å². The first-order chi connectivity index (χ1) is 12.7. The van der Waals surface area contributed by atoms with Gasteiger partial charge in [-0.25, -0.2) is 0 Å². The van der Waals surface area contributed by atoms with E-state index in [0.29, 0.717) is 5.03 Å². The quantitative estimate of drug-likeness (QED) is 0.466. The fourth-order valence-corrected chi connectivity index (χ4v) is 2.46. The summed E-state index contributed by atoms with van der Waals surface area (Å²) in [5.74, 6) is -1.48. The number of carbonyl (C=O) groups excluding carboxylic acids is 1. The van der Waals surface area contributed by atoms with Gasteiger partial charge in [-0.1, -0.05) is 54.6 Å². The van der Waals surface area contributed by atoms with E-state index in [1.165, 1.54) is 0 Å². The van der Waals surface area contributed by atoms with Gasteiger partial charge in [0.25, 0.3) is 0 Å². The number of hydrogen-bond acceptors (Lipinski definition) is 4. The first-order valence-corrected chi connectivity index (χ1v) is 9.06. The van der Waals surface area contributed by atoms with Crippen LogP contribution in [-0.4, -0.2) is 35.7 Å². The lowest BCUT2D eigenvalue weighted by Gasteiger charge is -2.19. The van der Waals surface area contributed by atoms with E-state index in [1.54, 1.807) is 19.9 Å². The molecule has 0 bridgehead atoms. The monoisotopic (exact) mass is 391 g/mol.